The second kappa shape index (κ2) is 9.69. The molecule has 0 saturated carbocycles. The Kier molecular flexibility index (Phi) is 6.57. The minimum atomic E-state index is -3.81. The summed E-state index contributed by atoms with van der Waals surface area (Å²) in [5, 5.41) is 2.16. The van der Waals surface area contributed by atoms with Gasteiger partial charge in [-0.15, -0.1) is 12.1 Å². The Morgan fingerprint density at radius 2 is 1.46 bits per heavy atom. The van der Waals surface area contributed by atoms with E-state index in [1.807, 2.05) is 56.3 Å². The van der Waals surface area contributed by atoms with Gasteiger partial charge in [-0.3, -0.25) is 0 Å². The van der Waals surface area contributed by atoms with Gasteiger partial charge in [0.1, 0.15) is 5.82 Å². The number of hydrogen-bond donors (Lipinski definition) is 0. The van der Waals surface area contributed by atoms with E-state index in [9.17, 15) is 8.42 Å². The molecule has 0 fully saturated rings. The molecule has 0 aliphatic carbocycles. The van der Waals surface area contributed by atoms with Crippen LogP contribution < -0.4 is 0 Å². The van der Waals surface area contributed by atoms with Crippen LogP contribution in [0.5, 0.6) is 0 Å². The number of sulfone groups is 1. The van der Waals surface area contributed by atoms with Gasteiger partial charge >= 0.3 is 21.1 Å². The Hall–Kier alpha value is -3.60. The molecule has 37 heavy (non-hydrogen) atoms. The maximum atomic E-state index is 13.3. The maximum absolute atomic E-state index is 13.3. The summed E-state index contributed by atoms with van der Waals surface area (Å²) < 4.78 is 28.6. The summed E-state index contributed by atoms with van der Waals surface area (Å²) in [5.74, 6) is 0.806. The van der Waals surface area contributed by atoms with E-state index in [1.54, 1.807) is 30.5 Å². The molecule has 6 aromatic rings. The predicted molar refractivity (Wildman–Crippen MR) is 141 cm³/mol. The second-order valence-corrected chi connectivity index (χ2v) is 10.6. The molecule has 3 heterocycles. The Balaban J connectivity index is 0.00000280. The molecule has 0 aliphatic heterocycles. The van der Waals surface area contributed by atoms with E-state index >= 15 is 0 Å². The summed E-state index contributed by atoms with van der Waals surface area (Å²) >= 11 is 0. The van der Waals surface area contributed by atoms with Crippen LogP contribution in [-0.2, 0) is 30.9 Å². The molecule has 0 atom stereocenters. The van der Waals surface area contributed by atoms with Crippen LogP contribution in [0.4, 0.5) is 0 Å². The zero-order valence-corrected chi connectivity index (χ0v) is 23.1. The van der Waals surface area contributed by atoms with Gasteiger partial charge < -0.3 is 4.57 Å². The molecule has 3 aromatic carbocycles. The van der Waals surface area contributed by atoms with Gasteiger partial charge in [0.15, 0.2) is 5.03 Å². The molecule has 3 aromatic heterocycles. The van der Waals surface area contributed by atoms with Crippen molar-refractivity contribution in [3.8, 4) is 16.9 Å². The molecule has 0 saturated heterocycles. The average molecular weight is 683 g/mol. The Morgan fingerprint density at radius 1 is 0.730 bits per heavy atom. The minimum Gasteiger partial charge on any atom is -0.314 e. The number of aromatic nitrogens is 3. The Morgan fingerprint density at radius 3 is 2.24 bits per heavy atom. The van der Waals surface area contributed by atoms with Gasteiger partial charge in [-0.05, 0) is 71.1 Å². The third-order valence-electron chi connectivity index (χ3n) is 6.23. The minimum absolute atomic E-state index is 0. The van der Waals surface area contributed by atoms with Crippen LogP contribution >= 0.6 is 0 Å². The van der Waals surface area contributed by atoms with Crippen molar-refractivity contribution < 1.29 is 29.5 Å². The number of benzene rings is 3. The van der Waals surface area contributed by atoms with E-state index in [4.69, 9.17) is 0 Å². The number of pyridine rings is 2. The van der Waals surface area contributed by atoms with E-state index < -0.39 is 9.84 Å². The predicted octanol–water partition coefficient (Wildman–Crippen LogP) is 6.29. The largest absolute Gasteiger partial charge is 2.00 e. The van der Waals surface area contributed by atoms with Crippen LogP contribution in [-0.4, -0.2) is 23.0 Å². The SMILES string of the molecule is Cc1ccnc(-n2c3[c-]c(-c4[c-]c(S(=O)(=O)c5cc(C)ccn5)ccc4)ccc3c3ccccc32)c1.[Pt+2]. The Bertz CT molecular complexity index is 1890. The topological polar surface area (TPSA) is 64.8 Å². The summed E-state index contributed by atoms with van der Waals surface area (Å²) in [6.45, 7) is 3.88. The van der Waals surface area contributed by atoms with Gasteiger partial charge in [0.05, 0.1) is 0 Å². The summed E-state index contributed by atoms with van der Waals surface area (Å²) in [4.78, 5) is 8.78. The second-order valence-electron chi connectivity index (χ2n) is 8.78. The van der Waals surface area contributed by atoms with Gasteiger partial charge in [0, 0.05) is 17.9 Å². The number of para-hydroxylation sites is 1. The standard InChI is InChI=1S/C30H21N3O2S.Pt/c1-20-12-14-31-29(16-20)33-27-9-4-3-8-25(27)26-11-10-23(19-28(26)33)22-6-5-7-24(18-22)36(34,35)30-17-21(2)13-15-32-30;/h3-17H,1-2H3;/q-2;+2. The summed E-state index contributed by atoms with van der Waals surface area (Å²) in [6.07, 6.45) is 3.31. The summed E-state index contributed by atoms with van der Waals surface area (Å²) in [6, 6.07) is 31.3. The van der Waals surface area contributed by atoms with E-state index in [0.717, 1.165) is 44.3 Å². The first-order valence-electron chi connectivity index (χ1n) is 11.5. The molecule has 0 amide bonds. The van der Waals surface area contributed by atoms with E-state index in [-0.39, 0.29) is 31.0 Å². The average Bonchev–Trinajstić information content (AvgIpc) is 3.22. The van der Waals surface area contributed by atoms with E-state index in [2.05, 4.69) is 38.8 Å². The first-order valence-corrected chi connectivity index (χ1v) is 13.0. The molecule has 0 unspecified atom stereocenters. The molecule has 0 radical (unpaired) electrons. The van der Waals surface area contributed by atoms with Gasteiger partial charge in [0.25, 0.3) is 0 Å². The summed E-state index contributed by atoms with van der Waals surface area (Å²) in [7, 11) is -3.81. The molecule has 0 bridgehead atoms. The van der Waals surface area contributed by atoms with Crippen molar-refractivity contribution >= 4 is 31.6 Å². The number of rotatable bonds is 4. The molecule has 0 N–H and O–H groups in total. The van der Waals surface area contributed by atoms with Crippen molar-refractivity contribution in [3.05, 3.63) is 115 Å². The molecule has 184 valence electrons. The van der Waals surface area contributed by atoms with Gasteiger partial charge in [-0.1, -0.05) is 23.6 Å². The van der Waals surface area contributed by atoms with Crippen molar-refractivity contribution in [1.82, 2.24) is 14.5 Å². The zero-order valence-electron chi connectivity index (χ0n) is 20.0. The maximum Gasteiger partial charge on any atom is 2.00 e. The normalized spacial score (nSPS) is 11.5. The van der Waals surface area contributed by atoms with Crippen LogP contribution in [0.2, 0.25) is 0 Å². The number of nitrogens with zero attached hydrogens (tertiary/aromatic N) is 3. The zero-order chi connectivity index (χ0) is 24.9. The monoisotopic (exact) mass is 682 g/mol. The van der Waals surface area contributed by atoms with Crippen molar-refractivity contribution in [2.45, 2.75) is 23.8 Å². The van der Waals surface area contributed by atoms with Crippen molar-refractivity contribution in [3.63, 3.8) is 0 Å². The molecule has 0 spiro atoms. The van der Waals surface area contributed by atoms with Crippen molar-refractivity contribution in [2.24, 2.45) is 0 Å². The molecule has 5 nitrogen and oxygen atoms in total. The van der Waals surface area contributed by atoms with Crippen LogP contribution in [0.3, 0.4) is 0 Å². The van der Waals surface area contributed by atoms with E-state index in [1.165, 1.54) is 6.20 Å². The van der Waals surface area contributed by atoms with Crippen molar-refractivity contribution in [1.29, 1.82) is 0 Å². The van der Waals surface area contributed by atoms with Crippen LogP contribution in [0.1, 0.15) is 11.1 Å². The number of aryl methyl sites for hydroxylation is 2. The van der Waals surface area contributed by atoms with Gasteiger partial charge in [0.2, 0.25) is 9.84 Å². The van der Waals surface area contributed by atoms with Crippen LogP contribution in [0, 0.1) is 26.0 Å². The first-order chi connectivity index (χ1) is 17.4. The van der Waals surface area contributed by atoms with Crippen molar-refractivity contribution in [2.75, 3.05) is 0 Å². The van der Waals surface area contributed by atoms with Gasteiger partial charge in [-0.2, -0.15) is 30.3 Å². The molecular weight excluding hydrogens is 661 g/mol. The van der Waals surface area contributed by atoms with Crippen LogP contribution in [0.15, 0.2) is 101 Å². The number of hydrogen-bond acceptors (Lipinski definition) is 4. The smallest absolute Gasteiger partial charge is 0.314 e. The molecule has 0 aliphatic rings. The molecule has 6 rings (SSSR count). The fourth-order valence-corrected chi connectivity index (χ4v) is 5.73. The number of fused-ring (bicyclic) bond motifs is 3. The molecular formula is C30H21N3O2PtS. The quantitative estimate of drug-likeness (QED) is 0.205. The third-order valence-corrected chi connectivity index (χ3v) is 7.82. The Labute approximate surface area is 230 Å². The summed E-state index contributed by atoms with van der Waals surface area (Å²) in [5.41, 5.74) is 5.22. The third kappa shape index (κ3) is 4.41. The fraction of sp³-hybridized carbons (Fsp3) is 0.0667. The fourth-order valence-electron chi connectivity index (χ4n) is 4.46. The van der Waals surface area contributed by atoms with Gasteiger partial charge in [-0.25, -0.2) is 29.5 Å². The molecule has 7 heteroatoms. The van der Waals surface area contributed by atoms with Crippen LogP contribution in [0.25, 0.3) is 38.8 Å². The first kappa shape index (κ1) is 25.1. The van der Waals surface area contributed by atoms with E-state index in [0.29, 0.717) is 5.56 Å².